The van der Waals surface area contributed by atoms with Crippen LogP contribution in [0.3, 0.4) is 0 Å². The Hall–Kier alpha value is -1.68. The predicted octanol–water partition coefficient (Wildman–Crippen LogP) is 0.889. The number of carbonyl (C=O) groups is 2. The summed E-state index contributed by atoms with van der Waals surface area (Å²) in [5.41, 5.74) is 0.677. The number of hydrogen-bond acceptors (Lipinski definition) is 3. The maximum Gasteiger partial charge on any atom is 0.236 e. The van der Waals surface area contributed by atoms with E-state index in [1.807, 2.05) is 18.2 Å². The second-order valence-electron chi connectivity index (χ2n) is 4.25. The molecule has 0 fully saturated rings. The molecule has 1 aromatic rings. The van der Waals surface area contributed by atoms with Crippen LogP contribution in [0.4, 0.5) is 0 Å². The predicted molar refractivity (Wildman–Crippen MR) is 67.0 cm³/mol. The first-order valence-electron chi connectivity index (χ1n) is 5.47. The fourth-order valence-corrected chi connectivity index (χ4v) is 1.39. The van der Waals surface area contributed by atoms with E-state index in [1.165, 1.54) is 4.90 Å². The van der Waals surface area contributed by atoms with Gasteiger partial charge in [-0.05, 0) is 7.05 Å². The highest BCUT2D eigenvalue weighted by molar-refractivity contribution is 5.97. The zero-order valence-electron chi connectivity index (χ0n) is 10.5. The molecule has 92 valence electrons. The standard InChI is InChI=1S/C13H18N2O2/c1-14(2)13(17)10-15(3)9-12(16)11-7-5-4-6-8-11/h4-8H,9-10H2,1-3H3. The SMILES string of the molecule is CN(CC(=O)c1ccccc1)CC(=O)N(C)C. The molecule has 1 amide bonds. The highest BCUT2D eigenvalue weighted by Gasteiger charge is 2.12. The smallest absolute Gasteiger partial charge is 0.236 e. The van der Waals surface area contributed by atoms with Crippen LogP contribution in [-0.2, 0) is 4.79 Å². The van der Waals surface area contributed by atoms with Crippen LogP contribution in [0.2, 0.25) is 0 Å². The van der Waals surface area contributed by atoms with Gasteiger partial charge in [-0.25, -0.2) is 0 Å². The molecule has 0 N–H and O–H groups in total. The molecule has 0 aliphatic rings. The molecule has 0 aliphatic carbocycles. The molecule has 0 radical (unpaired) electrons. The van der Waals surface area contributed by atoms with E-state index in [9.17, 15) is 9.59 Å². The summed E-state index contributed by atoms with van der Waals surface area (Å²) in [4.78, 5) is 26.5. The number of likely N-dealkylation sites (N-methyl/N-ethyl adjacent to an activating group) is 2. The van der Waals surface area contributed by atoms with Crippen molar-refractivity contribution in [1.82, 2.24) is 9.80 Å². The third kappa shape index (κ3) is 4.36. The lowest BCUT2D eigenvalue weighted by molar-refractivity contribution is -0.129. The van der Waals surface area contributed by atoms with Gasteiger partial charge in [-0.2, -0.15) is 0 Å². The Morgan fingerprint density at radius 2 is 1.59 bits per heavy atom. The summed E-state index contributed by atoms with van der Waals surface area (Å²) in [5.74, 6) is 0.0213. The Kier molecular flexibility index (Phi) is 4.84. The topological polar surface area (TPSA) is 40.6 Å². The molecule has 4 nitrogen and oxygen atoms in total. The van der Waals surface area contributed by atoms with Crippen molar-refractivity contribution in [2.24, 2.45) is 0 Å². The fourth-order valence-electron chi connectivity index (χ4n) is 1.39. The molecule has 0 aromatic heterocycles. The van der Waals surface area contributed by atoms with Crippen molar-refractivity contribution in [3.05, 3.63) is 35.9 Å². The maximum atomic E-state index is 11.8. The minimum Gasteiger partial charge on any atom is -0.348 e. The number of rotatable bonds is 5. The quantitative estimate of drug-likeness (QED) is 0.710. The monoisotopic (exact) mass is 234 g/mol. The summed E-state index contributed by atoms with van der Waals surface area (Å²) in [5, 5.41) is 0. The number of nitrogens with zero attached hydrogens (tertiary/aromatic N) is 2. The van der Waals surface area contributed by atoms with Crippen molar-refractivity contribution in [3.8, 4) is 0 Å². The van der Waals surface area contributed by atoms with Gasteiger partial charge in [0.15, 0.2) is 5.78 Å². The Morgan fingerprint density at radius 3 is 2.12 bits per heavy atom. The van der Waals surface area contributed by atoms with Crippen LogP contribution in [0, 0.1) is 0 Å². The van der Waals surface area contributed by atoms with Crippen LogP contribution in [-0.4, -0.2) is 55.7 Å². The van der Waals surface area contributed by atoms with Crippen molar-refractivity contribution in [2.45, 2.75) is 0 Å². The third-order valence-corrected chi connectivity index (χ3v) is 2.41. The summed E-state index contributed by atoms with van der Waals surface area (Å²) in [6.07, 6.45) is 0. The normalized spacial score (nSPS) is 10.4. The number of benzene rings is 1. The van der Waals surface area contributed by atoms with Gasteiger partial charge in [-0.1, -0.05) is 30.3 Å². The first kappa shape index (κ1) is 13.4. The average Bonchev–Trinajstić information content (AvgIpc) is 2.29. The second kappa shape index (κ2) is 6.15. The van der Waals surface area contributed by atoms with Gasteiger partial charge in [0.2, 0.25) is 5.91 Å². The second-order valence-corrected chi connectivity index (χ2v) is 4.25. The molecule has 1 rings (SSSR count). The number of carbonyl (C=O) groups excluding carboxylic acids is 2. The van der Waals surface area contributed by atoms with E-state index in [0.717, 1.165) is 0 Å². The van der Waals surface area contributed by atoms with Crippen molar-refractivity contribution in [3.63, 3.8) is 0 Å². The summed E-state index contributed by atoms with van der Waals surface area (Å²) < 4.78 is 0. The van der Waals surface area contributed by atoms with Crippen molar-refractivity contribution < 1.29 is 9.59 Å². The lowest BCUT2D eigenvalue weighted by Gasteiger charge is -2.18. The van der Waals surface area contributed by atoms with Crippen LogP contribution in [0.5, 0.6) is 0 Å². The lowest BCUT2D eigenvalue weighted by Crippen LogP contribution is -2.36. The maximum absolute atomic E-state index is 11.8. The Labute approximate surface area is 102 Å². The molecule has 4 heteroatoms. The van der Waals surface area contributed by atoms with Crippen LogP contribution in [0.15, 0.2) is 30.3 Å². The molecular formula is C13H18N2O2. The van der Waals surface area contributed by atoms with E-state index in [4.69, 9.17) is 0 Å². The van der Waals surface area contributed by atoms with E-state index in [-0.39, 0.29) is 24.8 Å². The van der Waals surface area contributed by atoms with Crippen LogP contribution >= 0.6 is 0 Å². The zero-order chi connectivity index (χ0) is 12.8. The first-order valence-corrected chi connectivity index (χ1v) is 5.47. The number of hydrogen-bond donors (Lipinski definition) is 0. The largest absolute Gasteiger partial charge is 0.348 e. The molecule has 17 heavy (non-hydrogen) atoms. The molecule has 0 unspecified atom stereocenters. The molecule has 0 heterocycles. The summed E-state index contributed by atoms with van der Waals surface area (Å²) in [6, 6.07) is 9.10. The summed E-state index contributed by atoms with van der Waals surface area (Å²) in [6.45, 7) is 0.509. The summed E-state index contributed by atoms with van der Waals surface area (Å²) >= 11 is 0. The minimum atomic E-state index is -0.00615. The molecule has 0 aliphatic heterocycles. The molecular weight excluding hydrogens is 216 g/mol. The molecule has 1 aromatic carbocycles. The molecule has 0 atom stereocenters. The fraction of sp³-hybridized carbons (Fsp3) is 0.385. The van der Waals surface area contributed by atoms with Gasteiger partial charge >= 0.3 is 0 Å². The van der Waals surface area contributed by atoms with E-state index in [2.05, 4.69) is 0 Å². The van der Waals surface area contributed by atoms with E-state index in [1.54, 1.807) is 38.2 Å². The van der Waals surface area contributed by atoms with Gasteiger partial charge in [0.25, 0.3) is 0 Å². The number of Topliss-reactive ketones (excluding diaryl/α,β-unsaturated/α-hetero) is 1. The minimum absolute atomic E-state index is 0.00615. The van der Waals surface area contributed by atoms with Gasteiger partial charge < -0.3 is 4.90 Å². The van der Waals surface area contributed by atoms with Gasteiger partial charge in [-0.3, -0.25) is 14.5 Å². The van der Waals surface area contributed by atoms with Crippen LogP contribution < -0.4 is 0 Å². The van der Waals surface area contributed by atoms with Crippen LogP contribution in [0.1, 0.15) is 10.4 Å². The first-order chi connectivity index (χ1) is 8.00. The summed E-state index contributed by atoms with van der Waals surface area (Å²) in [7, 11) is 5.17. The van der Waals surface area contributed by atoms with Crippen molar-refractivity contribution in [2.75, 3.05) is 34.2 Å². The lowest BCUT2D eigenvalue weighted by atomic mass is 10.1. The van der Waals surface area contributed by atoms with Crippen molar-refractivity contribution in [1.29, 1.82) is 0 Å². The highest BCUT2D eigenvalue weighted by atomic mass is 16.2. The van der Waals surface area contributed by atoms with Crippen molar-refractivity contribution >= 4 is 11.7 Å². The molecule has 0 saturated heterocycles. The molecule has 0 saturated carbocycles. The van der Waals surface area contributed by atoms with Gasteiger partial charge in [0, 0.05) is 19.7 Å². The Morgan fingerprint density at radius 1 is 1.00 bits per heavy atom. The van der Waals surface area contributed by atoms with E-state index < -0.39 is 0 Å². The number of ketones is 1. The highest BCUT2D eigenvalue weighted by Crippen LogP contribution is 2.01. The average molecular weight is 234 g/mol. The van der Waals surface area contributed by atoms with E-state index in [0.29, 0.717) is 5.56 Å². The Balaban J connectivity index is 2.50. The number of amides is 1. The van der Waals surface area contributed by atoms with Gasteiger partial charge in [0.1, 0.15) is 0 Å². The van der Waals surface area contributed by atoms with Gasteiger partial charge in [0.05, 0.1) is 13.1 Å². The Bertz CT molecular complexity index is 388. The molecule has 0 bridgehead atoms. The van der Waals surface area contributed by atoms with Gasteiger partial charge in [-0.15, -0.1) is 0 Å². The molecule has 0 spiro atoms. The zero-order valence-corrected chi connectivity index (χ0v) is 10.5. The third-order valence-electron chi connectivity index (χ3n) is 2.41. The van der Waals surface area contributed by atoms with E-state index >= 15 is 0 Å². The van der Waals surface area contributed by atoms with Crippen LogP contribution in [0.25, 0.3) is 0 Å².